The Bertz CT molecular complexity index is 617. The fourth-order valence-corrected chi connectivity index (χ4v) is 4.13. The Morgan fingerprint density at radius 1 is 0.923 bits per heavy atom. The number of rotatable bonds is 5. The van der Waals surface area contributed by atoms with Crippen molar-refractivity contribution in [3.8, 4) is 5.75 Å². The number of carbonyl (C=O) groups is 2. The minimum atomic E-state index is -0.0140. The molecule has 0 saturated heterocycles. The van der Waals surface area contributed by atoms with E-state index in [4.69, 9.17) is 4.74 Å². The molecule has 142 valence electrons. The van der Waals surface area contributed by atoms with Crippen molar-refractivity contribution >= 4 is 17.5 Å². The summed E-state index contributed by atoms with van der Waals surface area (Å²) >= 11 is 0. The number of amides is 2. The van der Waals surface area contributed by atoms with Gasteiger partial charge in [-0.1, -0.05) is 25.3 Å². The lowest BCUT2D eigenvalue weighted by Gasteiger charge is -2.29. The van der Waals surface area contributed by atoms with Gasteiger partial charge in [-0.25, -0.2) is 0 Å². The van der Waals surface area contributed by atoms with Crippen LogP contribution in [0.3, 0.4) is 0 Å². The minimum Gasteiger partial charge on any atom is -0.497 e. The van der Waals surface area contributed by atoms with Gasteiger partial charge in [-0.15, -0.1) is 0 Å². The standard InChI is InChI=1S/C21H30N2O3/c1-26-19-9-5-8-18(14-19)23-21(25)16-12-10-15(11-13-16)20(24)22-17-6-3-2-4-7-17/h5,8-9,14-17H,2-4,6-7,10-13H2,1H3,(H,22,24)(H,23,25). The van der Waals surface area contributed by atoms with E-state index in [2.05, 4.69) is 10.6 Å². The predicted molar refractivity (Wildman–Crippen MR) is 102 cm³/mol. The quantitative estimate of drug-likeness (QED) is 0.839. The SMILES string of the molecule is COc1cccc(NC(=O)C2CCC(C(=O)NC3CCCCC3)CC2)c1. The third-order valence-electron chi connectivity index (χ3n) is 5.76. The van der Waals surface area contributed by atoms with Crippen LogP contribution in [0.4, 0.5) is 5.69 Å². The number of ether oxygens (including phenoxy) is 1. The number of hydrogen-bond acceptors (Lipinski definition) is 3. The van der Waals surface area contributed by atoms with Crippen LogP contribution in [0.1, 0.15) is 57.8 Å². The first kappa shape index (κ1) is 18.7. The van der Waals surface area contributed by atoms with E-state index in [-0.39, 0.29) is 23.7 Å². The van der Waals surface area contributed by atoms with Gasteiger partial charge in [-0.2, -0.15) is 0 Å². The fourth-order valence-electron chi connectivity index (χ4n) is 4.13. The molecular formula is C21H30N2O3. The number of benzene rings is 1. The van der Waals surface area contributed by atoms with Crippen LogP contribution >= 0.6 is 0 Å². The summed E-state index contributed by atoms with van der Waals surface area (Å²) in [5.41, 5.74) is 0.756. The summed E-state index contributed by atoms with van der Waals surface area (Å²) in [6, 6.07) is 7.77. The third kappa shape index (κ3) is 4.99. The topological polar surface area (TPSA) is 67.4 Å². The molecule has 2 N–H and O–H groups in total. The molecule has 1 aromatic rings. The summed E-state index contributed by atoms with van der Waals surface area (Å²) in [6.45, 7) is 0. The number of methoxy groups -OCH3 is 1. The van der Waals surface area contributed by atoms with Crippen LogP contribution < -0.4 is 15.4 Å². The molecule has 2 aliphatic rings. The maximum absolute atomic E-state index is 12.5. The van der Waals surface area contributed by atoms with Crippen LogP contribution in [-0.4, -0.2) is 25.0 Å². The van der Waals surface area contributed by atoms with Gasteiger partial charge in [0.1, 0.15) is 5.75 Å². The van der Waals surface area contributed by atoms with Crippen molar-refractivity contribution in [1.82, 2.24) is 5.32 Å². The zero-order chi connectivity index (χ0) is 18.4. The highest BCUT2D eigenvalue weighted by Crippen LogP contribution is 2.30. The maximum Gasteiger partial charge on any atom is 0.227 e. The number of carbonyl (C=O) groups excluding carboxylic acids is 2. The van der Waals surface area contributed by atoms with Gasteiger partial charge in [0, 0.05) is 29.6 Å². The first-order chi connectivity index (χ1) is 12.7. The highest BCUT2D eigenvalue weighted by atomic mass is 16.5. The molecule has 2 aliphatic carbocycles. The fraction of sp³-hybridized carbons (Fsp3) is 0.619. The van der Waals surface area contributed by atoms with Gasteiger partial charge in [-0.3, -0.25) is 9.59 Å². The van der Waals surface area contributed by atoms with Crippen LogP contribution in [0.15, 0.2) is 24.3 Å². The largest absolute Gasteiger partial charge is 0.497 e. The highest BCUT2D eigenvalue weighted by molar-refractivity contribution is 5.93. The van der Waals surface area contributed by atoms with Gasteiger partial charge in [0.05, 0.1) is 7.11 Å². The summed E-state index contributed by atoms with van der Waals surface area (Å²) in [5.74, 6) is 1.02. The molecule has 0 aliphatic heterocycles. The molecule has 5 heteroatoms. The van der Waals surface area contributed by atoms with Crippen LogP contribution in [0.25, 0.3) is 0 Å². The number of hydrogen-bond donors (Lipinski definition) is 2. The molecule has 0 aromatic heterocycles. The van der Waals surface area contributed by atoms with Crippen molar-refractivity contribution in [2.24, 2.45) is 11.8 Å². The van der Waals surface area contributed by atoms with Crippen LogP contribution in [-0.2, 0) is 9.59 Å². The summed E-state index contributed by atoms with van der Waals surface area (Å²) in [4.78, 5) is 25.0. The van der Waals surface area contributed by atoms with E-state index >= 15 is 0 Å². The van der Waals surface area contributed by atoms with E-state index in [1.807, 2.05) is 24.3 Å². The van der Waals surface area contributed by atoms with Gasteiger partial charge >= 0.3 is 0 Å². The van der Waals surface area contributed by atoms with Gasteiger partial charge < -0.3 is 15.4 Å². The Balaban J connectivity index is 1.45. The molecule has 3 rings (SSSR count). The number of nitrogens with one attached hydrogen (secondary N) is 2. The second kappa shape index (κ2) is 9.06. The number of anilines is 1. The highest BCUT2D eigenvalue weighted by Gasteiger charge is 2.31. The van der Waals surface area contributed by atoms with E-state index < -0.39 is 0 Å². The molecule has 0 radical (unpaired) electrons. The normalized spacial score (nSPS) is 23.9. The Morgan fingerprint density at radius 3 is 2.23 bits per heavy atom. The molecule has 2 fully saturated rings. The first-order valence-electron chi connectivity index (χ1n) is 9.91. The van der Waals surface area contributed by atoms with Crippen molar-refractivity contribution in [3.05, 3.63) is 24.3 Å². The lowest BCUT2D eigenvalue weighted by molar-refractivity contribution is -0.129. The molecule has 1 aromatic carbocycles. The zero-order valence-corrected chi connectivity index (χ0v) is 15.6. The van der Waals surface area contributed by atoms with E-state index in [0.717, 1.165) is 50.0 Å². The Hall–Kier alpha value is -2.04. The Kier molecular flexibility index (Phi) is 6.53. The average molecular weight is 358 g/mol. The van der Waals surface area contributed by atoms with E-state index in [0.29, 0.717) is 6.04 Å². The van der Waals surface area contributed by atoms with Gasteiger partial charge in [0.15, 0.2) is 0 Å². The first-order valence-corrected chi connectivity index (χ1v) is 9.91. The predicted octanol–water partition coefficient (Wildman–Crippen LogP) is 3.89. The molecule has 2 saturated carbocycles. The van der Waals surface area contributed by atoms with Crippen molar-refractivity contribution in [1.29, 1.82) is 0 Å². The molecule has 0 unspecified atom stereocenters. The van der Waals surface area contributed by atoms with Crippen molar-refractivity contribution < 1.29 is 14.3 Å². The molecular weight excluding hydrogens is 328 g/mol. The lowest BCUT2D eigenvalue weighted by Crippen LogP contribution is -2.41. The van der Waals surface area contributed by atoms with Crippen LogP contribution in [0, 0.1) is 11.8 Å². The van der Waals surface area contributed by atoms with Crippen molar-refractivity contribution in [2.45, 2.75) is 63.8 Å². The summed E-state index contributed by atoms with van der Waals surface area (Å²) < 4.78 is 5.19. The Morgan fingerprint density at radius 2 is 1.58 bits per heavy atom. The van der Waals surface area contributed by atoms with E-state index in [1.54, 1.807) is 7.11 Å². The second-order valence-corrected chi connectivity index (χ2v) is 7.61. The zero-order valence-electron chi connectivity index (χ0n) is 15.6. The summed E-state index contributed by atoms with van der Waals surface area (Å²) in [5, 5.41) is 6.21. The lowest BCUT2D eigenvalue weighted by atomic mass is 9.80. The summed E-state index contributed by atoms with van der Waals surface area (Å²) in [6.07, 6.45) is 9.12. The van der Waals surface area contributed by atoms with Crippen molar-refractivity contribution in [2.75, 3.05) is 12.4 Å². The molecule has 26 heavy (non-hydrogen) atoms. The maximum atomic E-state index is 12.5. The average Bonchev–Trinajstić information content (AvgIpc) is 2.69. The monoisotopic (exact) mass is 358 g/mol. The summed E-state index contributed by atoms with van der Waals surface area (Å²) in [7, 11) is 1.61. The van der Waals surface area contributed by atoms with Crippen LogP contribution in [0.5, 0.6) is 5.75 Å². The molecule has 5 nitrogen and oxygen atoms in total. The molecule has 0 bridgehead atoms. The van der Waals surface area contributed by atoms with Gasteiger partial charge in [0.25, 0.3) is 0 Å². The third-order valence-corrected chi connectivity index (χ3v) is 5.76. The van der Waals surface area contributed by atoms with E-state index in [1.165, 1.54) is 19.3 Å². The molecule has 0 atom stereocenters. The second-order valence-electron chi connectivity index (χ2n) is 7.61. The smallest absolute Gasteiger partial charge is 0.227 e. The molecule has 0 heterocycles. The van der Waals surface area contributed by atoms with E-state index in [9.17, 15) is 9.59 Å². The molecule has 0 spiro atoms. The Labute approximate surface area is 155 Å². The molecule has 2 amide bonds. The van der Waals surface area contributed by atoms with Crippen molar-refractivity contribution in [3.63, 3.8) is 0 Å². The van der Waals surface area contributed by atoms with Gasteiger partial charge in [-0.05, 0) is 50.7 Å². The van der Waals surface area contributed by atoms with Crippen LogP contribution in [0.2, 0.25) is 0 Å². The minimum absolute atomic E-state index is 0.0140. The van der Waals surface area contributed by atoms with Gasteiger partial charge in [0.2, 0.25) is 11.8 Å².